The first kappa shape index (κ1) is 17.3. The molecular formula is C24H19ClN2. The summed E-state index contributed by atoms with van der Waals surface area (Å²) in [4.78, 5) is 4.28. The van der Waals surface area contributed by atoms with Crippen LogP contribution in [-0.4, -0.2) is 4.98 Å². The summed E-state index contributed by atoms with van der Waals surface area (Å²) in [6, 6.07) is 32.8. The van der Waals surface area contributed by atoms with Crippen LogP contribution < -0.4 is 5.32 Å². The van der Waals surface area contributed by atoms with Gasteiger partial charge in [-0.15, -0.1) is 0 Å². The van der Waals surface area contributed by atoms with Crippen molar-refractivity contribution in [2.75, 3.05) is 5.32 Å². The zero-order valence-corrected chi connectivity index (χ0v) is 15.5. The molecule has 0 saturated heterocycles. The van der Waals surface area contributed by atoms with E-state index < -0.39 is 5.54 Å². The summed E-state index contributed by atoms with van der Waals surface area (Å²) in [6.07, 6.45) is 3.61. The molecule has 0 aliphatic heterocycles. The highest BCUT2D eigenvalue weighted by Crippen LogP contribution is 2.40. The molecule has 0 aliphatic rings. The Morgan fingerprint density at radius 3 is 1.85 bits per heavy atom. The van der Waals surface area contributed by atoms with Gasteiger partial charge in [-0.05, 0) is 41.0 Å². The van der Waals surface area contributed by atoms with Gasteiger partial charge in [0.05, 0.1) is 5.69 Å². The minimum atomic E-state index is -0.601. The van der Waals surface area contributed by atoms with E-state index in [2.05, 4.69) is 64.9 Å². The minimum absolute atomic E-state index is 0.601. The summed E-state index contributed by atoms with van der Waals surface area (Å²) < 4.78 is 0. The van der Waals surface area contributed by atoms with Crippen molar-refractivity contribution in [1.29, 1.82) is 0 Å². The predicted molar refractivity (Wildman–Crippen MR) is 112 cm³/mol. The van der Waals surface area contributed by atoms with E-state index in [0.29, 0.717) is 5.02 Å². The highest BCUT2D eigenvalue weighted by atomic mass is 35.5. The van der Waals surface area contributed by atoms with Crippen LogP contribution in [0.5, 0.6) is 0 Å². The van der Waals surface area contributed by atoms with Crippen molar-refractivity contribution >= 4 is 17.3 Å². The van der Waals surface area contributed by atoms with Gasteiger partial charge in [0.1, 0.15) is 5.54 Å². The van der Waals surface area contributed by atoms with Gasteiger partial charge >= 0.3 is 0 Å². The lowest BCUT2D eigenvalue weighted by molar-refractivity contribution is 0.711. The quantitative estimate of drug-likeness (QED) is 0.427. The van der Waals surface area contributed by atoms with E-state index >= 15 is 0 Å². The number of hydrogen-bond acceptors (Lipinski definition) is 2. The second kappa shape index (κ2) is 7.65. The number of benzene rings is 3. The molecule has 27 heavy (non-hydrogen) atoms. The molecule has 0 radical (unpaired) electrons. The molecule has 1 heterocycles. The molecule has 0 bridgehead atoms. The second-order valence-corrected chi connectivity index (χ2v) is 6.80. The summed E-state index contributed by atoms with van der Waals surface area (Å²) in [5.74, 6) is 0. The Labute approximate surface area is 164 Å². The van der Waals surface area contributed by atoms with Gasteiger partial charge in [0, 0.05) is 17.4 Å². The maximum Gasteiger partial charge on any atom is 0.114 e. The Bertz CT molecular complexity index is 962. The molecule has 4 rings (SSSR count). The number of halogens is 1. The largest absolute Gasteiger partial charge is 0.367 e. The first-order chi connectivity index (χ1) is 13.3. The summed E-state index contributed by atoms with van der Waals surface area (Å²) in [7, 11) is 0. The van der Waals surface area contributed by atoms with Gasteiger partial charge < -0.3 is 5.32 Å². The van der Waals surface area contributed by atoms with Crippen LogP contribution in [0.2, 0.25) is 5.02 Å². The molecule has 3 heteroatoms. The van der Waals surface area contributed by atoms with Gasteiger partial charge in [0.2, 0.25) is 0 Å². The van der Waals surface area contributed by atoms with Crippen molar-refractivity contribution in [3.8, 4) is 0 Å². The van der Waals surface area contributed by atoms with Crippen LogP contribution in [-0.2, 0) is 5.54 Å². The van der Waals surface area contributed by atoms with Crippen LogP contribution in [0.3, 0.4) is 0 Å². The van der Waals surface area contributed by atoms with E-state index in [1.807, 2.05) is 48.7 Å². The monoisotopic (exact) mass is 370 g/mol. The third kappa shape index (κ3) is 3.44. The second-order valence-electron chi connectivity index (χ2n) is 6.36. The normalized spacial score (nSPS) is 11.1. The van der Waals surface area contributed by atoms with Crippen molar-refractivity contribution in [3.63, 3.8) is 0 Å². The van der Waals surface area contributed by atoms with Crippen molar-refractivity contribution < 1.29 is 0 Å². The van der Waals surface area contributed by atoms with Crippen molar-refractivity contribution in [2.24, 2.45) is 0 Å². The zero-order chi connectivity index (χ0) is 18.5. The van der Waals surface area contributed by atoms with E-state index in [1.165, 1.54) is 0 Å². The van der Waals surface area contributed by atoms with Crippen molar-refractivity contribution in [2.45, 2.75) is 5.54 Å². The van der Waals surface area contributed by atoms with Crippen LogP contribution in [0.4, 0.5) is 5.69 Å². The summed E-state index contributed by atoms with van der Waals surface area (Å²) in [5.41, 5.74) is 3.65. The molecule has 0 fully saturated rings. The number of nitrogens with zero attached hydrogens (tertiary/aromatic N) is 1. The average molecular weight is 371 g/mol. The van der Waals surface area contributed by atoms with Crippen molar-refractivity contribution in [1.82, 2.24) is 4.98 Å². The number of nitrogens with one attached hydrogen (secondary N) is 1. The van der Waals surface area contributed by atoms with Crippen LogP contribution in [0.15, 0.2) is 109 Å². The average Bonchev–Trinajstić information content (AvgIpc) is 2.74. The molecule has 0 spiro atoms. The Morgan fingerprint density at radius 1 is 0.667 bits per heavy atom. The fourth-order valence-electron chi connectivity index (χ4n) is 3.47. The van der Waals surface area contributed by atoms with Crippen LogP contribution in [0.25, 0.3) is 0 Å². The number of aromatic nitrogens is 1. The molecule has 0 aliphatic carbocycles. The summed E-state index contributed by atoms with van der Waals surface area (Å²) in [6.45, 7) is 0. The lowest BCUT2D eigenvalue weighted by Crippen LogP contribution is -2.38. The lowest BCUT2D eigenvalue weighted by atomic mass is 9.77. The zero-order valence-electron chi connectivity index (χ0n) is 14.7. The van der Waals surface area contributed by atoms with Gasteiger partial charge in [-0.3, -0.25) is 4.98 Å². The van der Waals surface area contributed by atoms with Gasteiger partial charge in [-0.2, -0.15) is 0 Å². The Balaban J connectivity index is 2.02. The van der Waals surface area contributed by atoms with Gasteiger partial charge in [0.25, 0.3) is 0 Å². The van der Waals surface area contributed by atoms with Crippen LogP contribution in [0.1, 0.15) is 16.7 Å². The molecule has 0 saturated carbocycles. The van der Waals surface area contributed by atoms with Crippen molar-refractivity contribution in [3.05, 3.63) is 131 Å². The molecular weight excluding hydrogens is 352 g/mol. The van der Waals surface area contributed by atoms with Gasteiger partial charge in [0.15, 0.2) is 0 Å². The third-order valence-corrected chi connectivity index (χ3v) is 4.90. The fourth-order valence-corrected chi connectivity index (χ4v) is 3.66. The Kier molecular flexibility index (Phi) is 4.91. The highest BCUT2D eigenvalue weighted by molar-refractivity contribution is 6.30. The predicted octanol–water partition coefficient (Wildman–Crippen LogP) is 6.14. The first-order valence-corrected chi connectivity index (χ1v) is 9.22. The highest BCUT2D eigenvalue weighted by Gasteiger charge is 2.36. The Hall–Kier alpha value is -3.10. The molecule has 1 N–H and O–H groups in total. The fraction of sp³-hybridized carbons (Fsp3) is 0.0417. The molecule has 132 valence electrons. The SMILES string of the molecule is Clc1cccc(C(Nc2cccnc2)(c2ccccc2)c2ccccc2)c1. The third-order valence-electron chi connectivity index (χ3n) is 4.66. The van der Waals surface area contributed by atoms with Crippen LogP contribution >= 0.6 is 11.6 Å². The smallest absolute Gasteiger partial charge is 0.114 e. The maximum absolute atomic E-state index is 6.39. The standard InChI is InChI=1S/C24H19ClN2/c25-22-14-7-13-21(17-22)24(19-9-3-1-4-10-19,20-11-5-2-6-12-20)27-23-15-8-16-26-18-23/h1-18,27H. The number of anilines is 1. The molecule has 4 aromatic rings. The lowest BCUT2D eigenvalue weighted by Gasteiger charge is -2.37. The summed E-state index contributed by atoms with van der Waals surface area (Å²) >= 11 is 6.39. The first-order valence-electron chi connectivity index (χ1n) is 8.84. The number of rotatable bonds is 5. The minimum Gasteiger partial charge on any atom is -0.367 e. The number of hydrogen-bond donors (Lipinski definition) is 1. The topological polar surface area (TPSA) is 24.9 Å². The van der Waals surface area contributed by atoms with E-state index in [1.54, 1.807) is 6.20 Å². The van der Waals surface area contributed by atoms with E-state index in [0.717, 1.165) is 22.4 Å². The molecule has 2 nitrogen and oxygen atoms in total. The molecule has 3 aromatic carbocycles. The molecule has 0 unspecified atom stereocenters. The van der Waals surface area contributed by atoms with Crippen LogP contribution in [0, 0.1) is 0 Å². The Morgan fingerprint density at radius 2 is 1.30 bits per heavy atom. The number of pyridine rings is 1. The molecule has 0 atom stereocenters. The molecule has 1 aromatic heterocycles. The van der Waals surface area contributed by atoms with Gasteiger partial charge in [-0.25, -0.2) is 0 Å². The van der Waals surface area contributed by atoms with E-state index in [4.69, 9.17) is 11.6 Å². The van der Waals surface area contributed by atoms with E-state index in [9.17, 15) is 0 Å². The summed E-state index contributed by atoms with van der Waals surface area (Å²) in [5, 5.41) is 4.45. The maximum atomic E-state index is 6.39. The van der Waals surface area contributed by atoms with Gasteiger partial charge in [-0.1, -0.05) is 84.4 Å². The van der Waals surface area contributed by atoms with E-state index in [-0.39, 0.29) is 0 Å². The molecule has 0 amide bonds.